The first-order valence-corrected chi connectivity index (χ1v) is 6.26. The molecule has 0 atom stereocenters. The second-order valence-corrected chi connectivity index (χ2v) is 4.77. The Hall–Kier alpha value is -2.03. The summed E-state index contributed by atoms with van der Waals surface area (Å²) in [6.07, 6.45) is 0.894. The highest BCUT2D eigenvalue weighted by Gasteiger charge is 2.14. The minimum Gasteiger partial charge on any atom is -0.384 e. The highest BCUT2D eigenvalue weighted by atomic mass is 15.0. The van der Waals surface area contributed by atoms with E-state index in [2.05, 4.69) is 48.6 Å². The fourth-order valence-electron chi connectivity index (χ4n) is 2.83. The van der Waals surface area contributed by atoms with Crippen LogP contribution in [0.4, 0.5) is 5.82 Å². The Morgan fingerprint density at radius 3 is 2.83 bits per heavy atom. The largest absolute Gasteiger partial charge is 0.384 e. The number of aromatic nitrogens is 2. The lowest BCUT2D eigenvalue weighted by atomic mass is 10.1. The molecule has 0 amide bonds. The van der Waals surface area contributed by atoms with Crippen molar-refractivity contribution in [2.75, 3.05) is 5.73 Å². The van der Waals surface area contributed by atoms with Gasteiger partial charge in [-0.25, -0.2) is 4.98 Å². The lowest BCUT2D eigenvalue weighted by Crippen LogP contribution is -1.98. The van der Waals surface area contributed by atoms with Crippen molar-refractivity contribution in [3.63, 3.8) is 0 Å². The topological polar surface area (TPSA) is 43.8 Å². The van der Waals surface area contributed by atoms with Gasteiger partial charge in [0, 0.05) is 23.3 Å². The summed E-state index contributed by atoms with van der Waals surface area (Å²) in [7, 11) is 2.10. The van der Waals surface area contributed by atoms with Crippen LogP contribution < -0.4 is 5.73 Å². The first-order chi connectivity index (χ1) is 8.63. The van der Waals surface area contributed by atoms with E-state index in [9.17, 15) is 0 Å². The van der Waals surface area contributed by atoms with E-state index in [0.29, 0.717) is 5.82 Å². The summed E-state index contributed by atoms with van der Waals surface area (Å²) in [4.78, 5) is 4.46. The average molecular weight is 239 g/mol. The number of pyridine rings is 1. The van der Waals surface area contributed by atoms with E-state index in [-0.39, 0.29) is 0 Å². The highest BCUT2D eigenvalue weighted by Crippen LogP contribution is 2.32. The van der Waals surface area contributed by atoms with E-state index in [0.717, 1.165) is 12.1 Å². The number of nitrogen functional groups attached to an aromatic ring is 1. The third-order valence-corrected chi connectivity index (χ3v) is 3.64. The second-order valence-electron chi connectivity index (χ2n) is 4.77. The second kappa shape index (κ2) is 3.73. The zero-order chi connectivity index (χ0) is 12.9. The summed E-state index contributed by atoms with van der Waals surface area (Å²) in [6.45, 7) is 4.26. The molecule has 3 aromatic rings. The van der Waals surface area contributed by atoms with Gasteiger partial charge in [0.2, 0.25) is 0 Å². The molecule has 2 heterocycles. The number of rotatable bonds is 1. The summed E-state index contributed by atoms with van der Waals surface area (Å²) in [6, 6.07) is 8.38. The third-order valence-electron chi connectivity index (χ3n) is 3.64. The molecule has 0 fully saturated rings. The monoisotopic (exact) mass is 239 g/mol. The lowest BCUT2D eigenvalue weighted by Gasteiger charge is -2.04. The molecule has 0 aliphatic rings. The van der Waals surface area contributed by atoms with Gasteiger partial charge in [-0.3, -0.25) is 0 Å². The Labute approximate surface area is 106 Å². The number of hydrogen-bond donors (Lipinski definition) is 1. The summed E-state index contributed by atoms with van der Waals surface area (Å²) in [5.41, 5.74) is 10.7. The molecule has 92 valence electrons. The van der Waals surface area contributed by atoms with Gasteiger partial charge < -0.3 is 10.3 Å². The Morgan fingerprint density at radius 2 is 2.11 bits per heavy atom. The molecular formula is C15H17N3. The molecule has 18 heavy (non-hydrogen) atoms. The Kier molecular flexibility index (Phi) is 2.30. The van der Waals surface area contributed by atoms with E-state index >= 15 is 0 Å². The number of fused-ring (bicyclic) bond motifs is 3. The maximum Gasteiger partial charge on any atom is 0.124 e. The molecule has 0 saturated carbocycles. The molecular weight excluding hydrogens is 222 g/mol. The van der Waals surface area contributed by atoms with E-state index in [1.54, 1.807) is 0 Å². The van der Waals surface area contributed by atoms with Crippen molar-refractivity contribution in [1.29, 1.82) is 0 Å². The molecule has 0 aliphatic heterocycles. The van der Waals surface area contributed by atoms with Crippen LogP contribution in [0.1, 0.15) is 18.2 Å². The lowest BCUT2D eigenvalue weighted by molar-refractivity contribution is 0.970. The first kappa shape index (κ1) is 11.1. The van der Waals surface area contributed by atoms with Gasteiger partial charge in [-0.15, -0.1) is 0 Å². The van der Waals surface area contributed by atoms with Gasteiger partial charge in [0.25, 0.3) is 0 Å². The van der Waals surface area contributed by atoms with Crippen LogP contribution in [-0.2, 0) is 13.5 Å². The summed E-state index contributed by atoms with van der Waals surface area (Å²) in [5.74, 6) is 0.607. The Morgan fingerprint density at radius 1 is 1.33 bits per heavy atom. The van der Waals surface area contributed by atoms with Gasteiger partial charge in [0.05, 0.1) is 11.2 Å². The maximum atomic E-state index is 5.93. The fraction of sp³-hybridized carbons (Fsp3) is 0.267. The number of hydrogen-bond acceptors (Lipinski definition) is 2. The Balaban J connectivity index is 2.64. The molecule has 2 N–H and O–H groups in total. The van der Waals surface area contributed by atoms with E-state index in [4.69, 9.17) is 5.73 Å². The highest BCUT2D eigenvalue weighted by molar-refractivity contribution is 6.10. The van der Waals surface area contributed by atoms with Crippen molar-refractivity contribution < 1.29 is 0 Å². The van der Waals surface area contributed by atoms with E-state index in [1.165, 1.54) is 27.4 Å². The van der Waals surface area contributed by atoms with Crippen molar-refractivity contribution in [1.82, 2.24) is 9.55 Å². The van der Waals surface area contributed by atoms with Crippen LogP contribution in [-0.4, -0.2) is 9.55 Å². The Bertz CT molecular complexity index is 753. The molecule has 0 saturated heterocycles. The summed E-state index contributed by atoms with van der Waals surface area (Å²) < 4.78 is 2.23. The summed E-state index contributed by atoms with van der Waals surface area (Å²) in [5, 5.41) is 2.51. The van der Waals surface area contributed by atoms with Crippen molar-refractivity contribution >= 4 is 27.6 Å². The standard InChI is InChI=1S/C15H17N3/c1-4-11-15-10(8-13(16)17-11)14-9(2)6-5-7-12(14)18(15)3/h5-8H,4H2,1-3H3,(H2,16,17). The van der Waals surface area contributed by atoms with Crippen LogP contribution in [0.2, 0.25) is 0 Å². The van der Waals surface area contributed by atoms with Crippen LogP contribution in [0.25, 0.3) is 21.8 Å². The average Bonchev–Trinajstić information content (AvgIpc) is 2.63. The van der Waals surface area contributed by atoms with Gasteiger partial charge in [0.1, 0.15) is 5.82 Å². The summed E-state index contributed by atoms with van der Waals surface area (Å²) >= 11 is 0. The van der Waals surface area contributed by atoms with Crippen LogP contribution in [0.5, 0.6) is 0 Å². The number of nitrogens with two attached hydrogens (primary N) is 1. The quantitative estimate of drug-likeness (QED) is 0.708. The van der Waals surface area contributed by atoms with E-state index in [1.807, 2.05) is 6.07 Å². The van der Waals surface area contributed by atoms with Crippen LogP contribution in [0.15, 0.2) is 24.3 Å². The number of anilines is 1. The molecule has 3 nitrogen and oxygen atoms in total. The van der Waals surface area contributed by atoms with Gasteiger partial charge in [-0.2, -0.15) is 0 Å². The fourth-order valence-corrected chi connectivity index (χ4v) is 2.83. The number of aryl methyl sites for hydroxylation is 3. The zero-order valence-corrected chi connectivity index (χ0v) is 11.0. The van der Waals surface area contributed by atoms with Gasteiger partial charge >= 0.3 is 0 Å². The van der Waals surface area contributed by atoms with Crippen molar-refractivity contribution in [2.45, 2.75) is 20.3 Å². The van der Waals surface area contributed by atoms with Crippen LogP contribution in [0, 0.1) is 6.92 Å². The minimum absolute atomic E-state index is 0.607. The molecule has 2 aromatic heterocycles. The van der Waals surface area contributed by atoms with Gasteiger partial charge in [-0.05, 0) is 31.0 Å². The minimum atomic E-state index is 0.607. The molecule has 0 spiro atoms. The molecule has 3 rings (SSSR count). The molecule has 3 heteroatoms. The van der Waals surface area contributed by atoms with Crippen LogP contribution >= 0.6 is 0 Å². The van der Waals surface area contributed by atoms with Gasteiger partial charge in [-0.1, -0.05) is 19.1 Å². The normalized spacial score (nSPS) is 11.5. The molecule has 0 bridgehead atoms. The zero-order valence-electron chi connectivity index (χ0n) is 11.0. The number of nitrogens with zero attached hydrogens (tertiary/aromatic N) is 2. The van der Waals surface area contributed by atoms with Crippen LogP contribution in [0.3, 0.4) is 0 Å². The molecule has 0 aliphatic carbocycles. The SMILES string of the molecule is CCc1nc(N)cc2c3c(C)cccc3n(C)c12. The van der Waals surface area contributed by atoms with Crippen molar-refractivity contribution in [3.05, 3.63) is 35.5 Å². The maximum absolute atomic E-state index is 5.93. The first-order valence-electron chi connectivity index (χ1n) is 6.26. The predicted molar refractivity (Wildman–Crippen MR) is 76.7 cm³/mol. The van der Waals surface area contributed by atoms with Gasteiger partial charge in [0.15, 0.2) is 0 Å². The predicted octanol–water partition coefficient (Wildman–Crippen LogP) is 3.18. The third kappa shape index (κ3) is 1.33. The number of benzene rings is 1. The van der Waals surface area contributed by atoms with Crippen molar-refractivity contribution in [3.8, 4) is 0 Å². The molecule has 0 unspecified atom stereocenters. The van der Waals surface area contributed by atoms with E-state index < -0.39 is 0 Å². The smallest absolute Gasteiger partial charge is 0.124 e. The van der Waals surface area contributed by atoms with Crippen molar-refractivity contribution in [2.24, 2.45) is 7.05 Å². The molecule has 1 aromatic carbocycles. The molecule has 0 radical (unpaired) electrons.